The maximum absolute atomic E-state index is 13.4. The molecule has 0 saturated carbocycles. The van der Waals surface area contributed by atoms with Crippen LogP contribution in [0.3, 0.4) is 0 Å². The highest BCUT2D eigenvalue weighted by molar-refractivity contribution is 5.60. The zero-order chi connectivity index (χ0) is 14.7. The molecule has 1 heterocycles. The van der Waals surface area contributed by atoms with Gasteiger partial charge in [0.25, 0.3) is 0 Å². The number of nitrogens with zero attached hydrogens (tertiary/aromatic N) is 2. The molecule has 0 aliphatic heterocycles. The van der Waals surface area contributed by atoms with Crippen LogP contribution in [0.5, 0.6) is 0 Å². The number of aromatic nitrogens is 2. The Labute approximate surface area is 119 Å². The molecule has 0 saturated heterocycles. The third-order valence-corrected chi connectivity index (χ3v) is 3.24. The molecule has 1 aromatic carbocycles. The maximum Gasteiger partial charge on any atom is 0.126 e. The lowest BCUT2D eigenvalue weighted by Gasteiger charge is -2.05. The average molecular weight is 272 g/mol. The molecule has 1 aromatic heterocycles. The van der Waals surface area contributed by atoms with Gasteiger partial charge in [0.2, 0.25) is 0 Å². The van der Waals surface area contributed by atoms with Crippen LogP contribution < -0.4 is 0 Å². The first-order chi connectivity index (χ1) is 9.51. The summed E-state index contributed by atoms with van der Waals surface area (Å²) in [4.78, 5) is 0. The normalized spacial score (nSPS) is 10.8. The Kier molecular flexibility index (Phi) is 4.38. The van der Waals surface area contributed by atoms with Gasteiger partial charge in [-0.2, -0.15) is 5.10 Å². The van der Waals surface area contributed by atoms with Crippen molar-refractivity contribution in [3.05, 3.63) is 53.5 Å². The molecular weight excluding hydrogens is 251 g/mol. The maximum atomic E-state index is 13.4. The van der Waals surface area contributed by atoms with Crippen LogP contribution in [0.4, 0.5) is 4.39 Å². The molecule has 3 heteroatoms. The van der Waals surface area contributed by atoms with Crippen molar-refractivity contribution in [1.82, 2.24) is 9.78 Å². The summed E-state index contributed by atoms with van der Waals surface area (Å²) >= 11 is 0. The summed E-state index contributed by atoms with van der Waals surface area (Å²) in [5.74, 6) is -0.177. The van der Waals surface area contributed by atoms with Gasteiger partial charge in [0.15, 0.2) is 0 Å². The van der Waals surface area contributed by atoms with Crippen molar-refractivity contribution in [2.75, 3.05) is 0 Å². The second-order valence-corrected chi connectivity index (χ2v) is 5.35. The lowest BCUT2D eigenvalue weighted by Crippen LogP contribution is -2.05. The Morgan fingerprint density at radius 1 is 1.35 bits per heavy atom. The first kappa shape index (κ1) is 14.5. The number of aryl methyl sites for hydroxylation is 2. The van der Waals surface area contributed by atoms with E-state index >= 15 is 0 Å². The molecule has 0 bridgehead atoms. The van der Waals surface area contributed by atoms with Gasteiger partial charge < -0.3 is 0 Å². The highest BCUT2D eigenvalue weighted by Gasteiger charge is 2.10. The molecular formula is C17H21FN2. The van der Waals surface area contributed by atoms with Gasteiger partial charge in [0.1, 0.15) is 5.82 Å². The van der Waals surface area contributed by atoms with E-state index < -0.39 is 0 Å². The van der Waals surface area contributed by atoms with Crippen LogP contribution in [-0.4, -0.2) is 9.78 Å². The fourth-order valence-electron chi connectivity index (χ4n) is 2.25. The minimum atomic E-state index is -0.177. The van der Waals surface area contributed by atoms with Crippen molar-refractivity contribution in [1.29, 1.82) is 0 Å². The number of hydrogen-bond donors (Lipinski definition) is 0. The van der Waals surface area contributed by atoms with Crippen LogP contribution in [0.25, 0.3) is 11.3 Å². The van der Waals surface area contributed by atoms with Gasteiger partial charge in [-0.05, 0) is 50.1 Å². The summed E-state index contributed by atoms with van der Waals surface area (Å²) in [6.07, 6.45) is 2.06. The molecule has 0 aliphatic carbocycles. The van der Waals surface area contributed by atoms with Crippen molar-refractivity contribution >= 4 is 0 Å². The molecule has 0 spiro atoms. The zero-order valence-corrected chi connectivity index (χ0v) is 12.4. The van der Waals surface area contributed by atoms with Crippen molar-refractivity contribution < 1.29 is 4.39 Å². The third-order valence-electron chi connectivity index (χ3n) is 3.24. The molecule has 0 fully saturated rings. The molecule has 2 aromatic rings. The standard InChI is InChI=1S/C17H21FN2/c1-5-6-15-10-17(19-20(15)11-12(2)3)14-7-8-16(18)13(4)9-14/h7-10H,2,5-6,11H2,1,3-4H3. The zero-order valence-electron chi connectivity index (χ0n) is 12.4. The minimum Gasteiger partial charge on any atom is -0.265 e. The second-order valence-electron chi connectivity index (χ2n) is 5.35. The van der Waals surface area contributed by atoms with Gasteiger partial charge in [-0.1, -0.05) is 25.5 Å². The second kappa shape index (κ2) is 6.04. The van der Waals surface area contributed by atoms with E-state index in [0.717, 1.165) is 36.2 Å². The SMILES string of the molecule is C=C(C)Cn1nc(-c2ccc(F)c(C)c2)cc1CCC. The fourth-order valence-corrected chi connectivity index (χ4v) is 2.25. The quantitative estimate of drug-likeness (QED) is 0.731. The number of rotatable bonds is 5. The van der Waals surface area contributed by atoms with Crippen LogP contribution in [0.15, 0.2) is 36.4 Å². The molecule has 2 rings (SSSR count). The number of allylic oxidation sites excluding steroid dienone is 1. The predicted octanol–water partition coefficient (Wildman–Crippen LogP) is 4.53. The summed E-state index contributed by atoms with van der Waals surface area (Å²) in [5.41, 5.74) is 4.79. The van der Waals surface area contributed by atoms with E-state index in [1.165, 1.54) is 11.8 Å². The molecule has 106 valence electrons. The molecule has 20 heavy (non-hydrogen) atoms. The summed E-state index contributed by atoms with van der Waals surface area (Å²) in [6.45, 7) is 10.6. The van der Waals surface area contributed by atoms with Gasteiger partial charge >= 0.3 is 0 Å². The smallest absolute Gasteiger partial charge is 0.126 e. The predicted molar refractivity (Wildman–Crippen MR) is 81.2 cm³/mol. The molecule has 2 nitrogen and oxygen atoms in total. The Balaban J connectivity index is 2.40. The van der Waals surface area contributed by atoms with E-state index in [4.69, 9.17) is 0 Å². The van der Waals surface area contributed by atoms with E-state index in [9.17, 15) is 4.39 Å². The lowest BCUT2D eigenvalue weighted by atomic mass is 10.1. The van der Waals surface area contributed by atoms with E-state index in [2.05, 4.69) is 24.7 Å². The third kappa shape index (κ3) is 3.16. The summed E-state index contributed by atoms with van der Waals surface area (Å²) in [5, 5.41) is 4.64. The van der Waals surface area contributed by atoms with Gasteiger partial charge in [-0.25, -0.2) is 4.39 Å². The average Bonchev–Trinajstić information content (AvgIpc) is 2.76. The van der Waals surface area contributed by atoms with Crippen molar-refractivity contribution in [2.24, 2.45) is 0 Å². The van der Waals surface area contributed by atoms with Crippen LogP contribution in [0.1, 0.15) is 31.5 Å². The van der Waals surface area contributed by atoms with E-state index in [1.54, 1.807) is 13.0 Å². The van der Waals surface area contributed by atoms with Crippen LogP contribution in [-0.2, 0) is 13.0 Å². The molecule has 0 aliphatic rings. The summed E-state index contributed by atoms with van der Waals surface area (Å²) in [6, 6.07) is 7.23. The molecule has 0 atom stereocenters. The van der Waals surface area contributed by atoms with Crippen molar-refractivity contribution in [3.63, 3.8) is 0 Å². The van der Waals surface area contributed by atoms with Crippen molar-refractivity contribution in [3.8, 4) is 11.3 Å². The Bertz CT molecular complexity index is 626. The highest BCUT2D eigenvalue weighted by atomic mass is 19.1. The van der Waals surface area contributed by atoms with Crippen LogP contribution in [0, 0.1) is 12.7 Å². The Hall–Kier alpha value is -1.90. The van der Waals surface area contributed by atoms with E-state index in [0.29, 0.717) is 5.56 Å². The molecule has 0 N–H and O–H groups in total. The first-order valence-electron chi connectivity index (χ1n) is 6.99. The largest absolute Gasteiger partial charge is 0.265 e. The number of hydrogen-bond acceptors (Lipinski definition) is 1. The minimum absolute atomic E-state index is 0.177. The summed E-state index contributed by atoms with van der Waals surface area (Å²) < 4.78 is 15.4. The van der Waals surface area contributed by atoms with Crippen LogP contribution >= 0.6 is 0 Å². The topological polar surface area (TPSA) is 17.8 Å². The lowest BCUT2D eigenvalue weighted by molar-refractivity contribution is 0.618. The van der Waals surface area contributed by atoms with Gasteiger partial charge in [0, 0.05) is 11.3 Å². The van der Waals surface area contributed by atoms with Gasteiger partial charge in [-0.3, -0.25) is 4.68 Å². The first-order valence-corrected chi connectivity index (χ1v) is 6.99. The Morgan fingerprint density at radius 3 is 2.70 bits per heavy atom. The van der Waals surface area contributed by atoms with Gasteiger partial charge in [-0.15, -0.1) is 0 Å². The van der Waals surface area contributed by atoms with Gasteiger partial charge in [0.05, 0.1) is 12.2 Å². The van der Waals surface area contributed by atoms with E-state index in [1.807, 2.05) is 17.7 Å². The van der Waals surface area contributed by atoms with Crippen LogP contribution in [0.2, 0.25) is 0 Å². The highest BCUT2D eigenvalue weighted by Crippen LogP contribution is 2.22. The van der Waals surface area contributed by atoms with E-state index in [-0.39, 0.29) is 5.82 Å². The number of halogens is 1. The Morgan fingerprint density at radius 2 is 2.10 bits per heavy atom. The fraction of sp³-hybridized carbons (Fsp3) is 0.353. The monoisotopic (exact) mass is 272 g/mol. The molecule has 0 amide bonds. The molecule has 0 unspecified atom stereocenters. The summed E-state index contributed by atoms with van der Waals surface area (Å²) in [7, 11) is 0. The van der Waals surface area contributed by atoms with Crippen molar-refractivity contribution in [2.45, 2.75) is 40.2 Å². The molecule has 0 radical (unpaired) electrons. The number of benzene rings is 1.